The van der Waals surface area contributed by atoms with Crippen LogP contribution in [0, 0.1) is 11.3 Å². The highest BCUT2D eigenvalue weighted by Crippen LogP contribution is 2.32. The lowest BCUT2D eigenvalue weighted by Gasteiger charge is -2.50. The molecule has 2 N–H and O–H groups in total. The van der Waals surface area contributed by atoms with Crippen LogP contribution in [0.1, 0.15) is 25.8 Å². The van der Waals surface area contributed by atoms with Gasteiger partial charge >= 0.3 is 0 Å². The summed E-state index contributed by atoms with van der Waals surface area (Å²) < 4.78 is 0. The predicted molar refractivity (Wildman–Crippen MR) is 76.1 cm³/mol. The third-order valence-electron chi connectivity index (χ3n) is 3.70. The van der Waals surface area contributed by atoms with Gasteiger partial charge in [0.1, 0.15) is 6.07 Å². The van der Waals surface area contributed by atoms with Crippen molar-refractivity contribution in [2.75, 3.05) is 24.6 Å². The van der Waals surface area contributed by atoms with Crippen molar-refractivity contribution in [2.45, 2.75) is 31.8 Å². The number of aliphatic hydroxyl groups excluding tert-OH is 1. The van der Waals surface area contributed by atoms with Crippen molar-refractivity contribution in [1.29, 1.82) is 5.26 Å². The molecule has 0 saturated carbocycles. The molecule has 1 aliphatic heterocycles. The minimum absolute atomic E-state index is 0.0783. The van der Waals surface area contributed by atoms with Gasteiger partial charge in [0.25, 0.3) is 0 Å². The summed E-state index contributed by atoms with van der Waals surface area (Å²) >= 11 is 0. The molecule has 1 fully saturated rings. The highest BCUT2D eigenvalue weighted by atomic mass is 16.3. The molecule has 1 aromatic rings. The first kappa shape index (κ1) is 13.9. The molecule has 102 valence electrons. The van der Waals surface area contributed by atoms with Gasteiger partial charge < -0.3 is 15.3 Å². The Labute approximate surface area is 114 Å². The van der Waals surface area contributed by atoms with Crippen LogP contribution in [-0.4, -0.2) is 36.4 Å². The van der Waals surface area contributed by atoms with Crippen LogP contribution in [0.2, 0.25) is 0 Å². The van der Waals surface area contributed by atoms with Crippen LogP contribution in [0.3, 0.4) is 0 Å². The number of anilines is 1. The standard InChI is InChI=1S/C15H21N3O/c1-15(2)11-17-10-13(7-8-19)18(15)14-6-4-3-5-12(14)9-16/h3-6,13,17,19H,7-8,10-11H2,1-2H3. The molecule has 0 spiro atoms. The molecule has 0 amide bonds. The van der Waals surface area contributed by atoms with E-state index in [1.807, 2.05) is 24.3 Å². The van der Waals surface area contributed by atoms with E-state index in [9.17, 15) is 10.4 Å². The minimum Gasteiger partial charge on any atom is -0.396 e. The van der Waals surface area contributed by atoms with Gasteiger partial charge in [0.15, 0.2) is 0 Å². The normalized spacial score (nSPS) is 22.0. The van der Waals surface area contributed by atoms with Gasteiger partial charge in [0.05, 0.1) is 11.3 Å². The maximum atomic E-state index is 9.29. The fourth-order valence-electron chi connectivity index (χ4n) is 2.90. The van der Waals surface area contributed by atoms with Crippen LogP contribution in [0.25, 0.3) is 0 Å². The second kappa shape index (κ2) is 5.60. The van der Waals surface area contributed by atoms with Crippen LogP contribution in [0.4, 0.5) is 5.69 Å². The maximum Gasteiger partial charge on any atom is 0.101 e. The number of hydrogen-bond acceptors (Lipinski definition) is 4. The molecule has 0 aliphatic carbocycles. The lowest BCUT2D eigenvalue weighted by molar-refractivity contribution is 0.241. The zero-order valence-electron chi connectivity index (χ0n) is 11.6. The number of piperazine rings is 1. The quantitative estimate of drug-likeness (QED) is 0.863. The molecule has 4 nitrogen and oxygen atoms in total. The Kier molecular flexibility index (Phi) is 4.08. The van der Waals surface area contributed by atoms with Gasteiger partial charge in [-0.15, -0.1) is 0 Å². The summed E-state index contributed by atoms with van der Waals surface area (Å²) in [5.41, 5.74) is 1.58. The highest BCUT2D eigenvalue weighted by Gasteiger charge is 2.36. The van der Waals surface area contributed by atoms with E-state index >= 15 is 0 Å². The molecule has 1 atom stereocenters. The summed E-state index contributed by atoms with van der Waals surface area (Å²) in [6.45, 7) is 6.20. The first-order valence-corrected chi connectivity index (χ1v) is 6.70. The van der Waals surface area contributed by atoms with Crippen LogP contribution in [-0.2, 0) is 0 Å². The average Bonchev–Trinajstić information content (AvgIpc) is 2.38. The van der Waals surface area contributed by atoms with Crippen molar-refractivity contribution < 1.29 is 5.11 Å². The summed E-state index contributed by atoms with van der Waals surface area (Å²) in [6, 6.07) is 10.2. The SMILES string of the molecule is CC1(C)CNCC(CCO)N1c1ccccc1C#N. The Balaban J connectivity index is 2.44. The molecule has 2 rings (SSSR count). The Morgan fingerprint density at radius 1 is 1.47 bits per heavy atom. The zero-order valence-corrected chi connectivity index (χ0v) is 11.6. The molecule has 0 aromatic heterocycles. The second-order valence-electron chi connectivity index (χ2n) is 5.61. The Bertz CT molecular complexity index is 477. The fraction of sp³-hybridized carbons (Fsp3) is 0.533. The Morgan fingerprint density at radius 2 is 2.21 bits per heavy atom. The molecular formula is C15H21N3O. The molecule has 1 aromatic carbocycles. The number of rotatable bonds is 3. The molecule has 4 heteroatoms. The number of nitrogens with zero attached hydrogens (tertiary/aromatic N) is 2. The van der Waals surface area contributed by atoms with E-state index in [0.29, 0.717) is 12.0 Å². The number of hydrogen-bond donors (Lipinski definition) is 2. The van der Waals surface area contributed by atoms with Gasteiger partial charge in [0.2, 0.25) is 0 Å². The average molecular weight is 259 g/mol. The Morgan fingerprint density at radius 3 is 2.89 bits per heavy atom. The molecule has 1 unspecified atom stereocenters. The van der Waals surface area contributed by atoms with E-state index in [2.05, 4.69) is 30.1 Å². The Hall–Kier alpha value is -1.57. The van der Waals surface area contributed by atoms with Gasteiger partial charge in [0, 0.05) is 31.3 Å². The molecule has 0 radical (unpaired) electrons. The monoisotopic (exact) mass is 259 g/mol. The topological polar surface area (TPSA) is 59.3 Å². The van der Waals surface area contributed by atoms with E-state index in [-0.39, 0.29) is 18.2 Å². The van der Waals surface area contributed by atoms with Crippen LogP contribution >= 0.6 is 0 Å². The number of nitriles is 1. The molecular weight excluding hydrogens is 238 g/mol. The van der Waals surface area contributed by atoms with E-state index in [1.165, 1.54) is 0 Å². The molecule has 0 bridgehead atoms. The van der Waals surface area contributed by atoms with Gasteiger partial charge in [-0.1, -0.05) is 12.1 Å². The molecule has 19 heavy (non-hydrogen) atoms. The second-order valence-corrected chi connectivity index (χ2v) is 5.61. The van der Waals surface area contributed by atoms with Crippen molar-refractivity contribution >= 4 is 5.69 Å². The van der Waals surface area contributed by atoms with Gasteiger partial charge in [-0.25, -0.2) is 0 Å². The number of para-hydroxylation sites is 1. The number of benzene rings is 1. The van der Waals surface area contributed by atoms with Crippen LogP contribution in [0.5, 0.6) is 0 Å². The zero-order chi connectivity index (χ0) is 13.9. The predicted octanol–water partition coefficient (Wildman–Crippen LogP) is 1.50. The minimum atomic E-state index is -0.0783. The van der Waals surface area contributed by atoms with Crippen molar-refractivity contribution in [3.63, 3.8) is 0 Å². The lowest BCUT2D eigenvalue weighted by atomic mass is 9.93. The third-order valence-corrected chi connectivity index (χ3v) is 3.70. The van der Waals surface area contributed by atoms with Crippen molar-refractivity contribution in [3.05, 3.63) is 29.8 Å². The van der Waals surface area contributed by atoms with Crippen LogP contribution < -0.4 is 10.2 Å². The fourth-order valence-corrected chi connectivity index (χ4v) is 2.90. The lowest BCUT2D eigenvalue weighted by Crippen LogP contribution is -2.63. The highest BCUT2D eigenvalue weighted by molar-refractivity contribution is 5.61. The van der Waals surface area contributed by atoms with E-state index < -0.39 is 0 Å². The van der Waals surface area contributed by atoms with E-state index in [0.717, 1.165) is 18.8 Å². The van der Waals surface area contributed by atoms with E-state index in [1.54, 1.807) is 0 Å². The summed E-state index contributed by atoms with van der Waals surface area (Å²) in [4.78, 5) is 2.29. The first-order chi connectivity index (χ1) is 9.10. The summed E-state index contributed by atoms with van der Waals surface area (Å²) in [7, 11) is 0. The molecule has 1 aliphatic rings. The van der Waals surface area contributed by atoms with Crippen molar-refractivity contribution in [2.24, 2.45) is 0 Å². The number of nitrogens with one attached hydrogen (secondary N) is 1. The number of aliphatic hydroxyl groups is 1. The van der Waals surface area contributed by atoms with Crippen molar-refractivity contribution in [1.82, 2.24) is 5.32 Å². The maximum absolute atomic E-state index is 9.29. The smallest absolute Gasteiger partial charge is 0.101 e. The molecule has 1 heterocycles. The summed E-state index contributed by atoms with van der Waals surface area (Å²) in [6.07, 6.45) is 0.705. The summed E-state index contributed by atoms with van der Waals surface area (Å²) in [5.74, 6) is 0. The summed E-state index contributed by atoms with van der Waals surface area (Å²) in [5, 5.41) is 22.0. The van der Waals surface area contributed by atoms with Crippen LogP contribution in [0.15, 0.2) is 24.3 Å². The van der Waals surface area contributed by atoms with Gasteiger partial charge in [-0.2, -0.15) is 5.26 Å². The first-order valence-electron chi connectivity index (χ1n) is 6.70. The van der Waals surface area contributed by atoms with Gasteiger partial charge in [-0.05, 0) is 32.4 Å². The third kappa shape index (κ3) is 2.73. The molecule has 1 saturated heterocycles. The van der Waals surface area contributed by atoms with Crippen molar-refractivity contribution in [3.8, 4) is 6.07 Å². The largest absolute Gasteiger partial charge is 0.396 e. The van der Waals surface area contributed by atoms with E-state index in [4.69, 9.17) is 0 Å². The van der Waals surface area contributed by atoms with Gasteiger partial charge in [-0.3, -0.25) is 0 Å².